The van der Waals surface area contributed by atoms with E-state index < -0.39 is 16.1 Å². The van der Waals surface area contributed by atoms with Gasteiger partial charge in [-0.2, -0.15) is 9.98 Å². The summed E-state index contributed by atoms with van der Waals surface area (Å²) in [6, 6.07) is 7.06. The van der Waals surface area contributed by atoms with Gasteiger partial charge in [0.1, 0.15) is 22.7 Å². The predicted molar refractivity (Wildman–Crippen MR) is 136 cm³/mol. The van der Waals surface area contributed by atoms with Crippen LogP contribution in [0, 0.1) is 23.2 Å². The van der Waals surface area contributed by atoms with E-state index in [0.29, 0.717) is 30.6 Å². The Morgan fingerprint density at radius 2 is 1.83 bits per heavy atom. The van der Waals surface area contributed by atoms with Crippen LogP contribution < -0.4 is 4.72 Å². The number of nitrogens with zero attached hydrogens (tertiary/aromatic N) is 3. The molecule has 0 radical (unpaired) electrons. The lowest BCUT2D eigenvalue weighted by Crippen LogP contribution is -2.53. The van der Waals surface area contributed by atoms with Gasteiger partial charge in [0.15, 0.2) is 0 Å². The normalized spacial score (nSPS) is 21.3. The summed E-state index contributed by atoms with van der Waals surface area (Å²) in [5.41, 5.74) is 0.436. The molecule has 4 rings (SSSR count). The lowest BCUT2D eigenvalue weighted by molar-refractivity contribution is -0.136. The van der Waals surface area contributed by atoms with E-state index in [2.05, 4.69) is 10.8 Å². The minimum absolute atomic E-state index is 0.124. The second-order valence-electron chi connectivity index (χ2n) is 9.24. The number of hydrogen-bond acceptors (Lipinski definition) is 4. The summed E-state index contributed by atoms with van der Waals surface area (Å²) in [7, 11) is -4.25. The molecule has 2 fully saturated rings. The summed E-state index contributed by atoms with van der Waals surface area (Å²) < 4.78 is 30.9. The first-order valence-electron chi connectivity index (χ1n) is 11.7. The van der Waals surface area contributed by atoms with Gasteiger partial charge in [0.2, 0.25) is 15.9 Å². The average Bonchev–Trinajstić information content (AvgIpc) is 3.27. The van der Waals surface area contributed by atoms with E-state index in [4.69, 9.17) is 34.8 Å². The van der Waals surface area contributed by atoms with E-state index in [-0.39, 0.29) is 38.8 Å². The molecule has 1 aliphatic carbocycles. The van der Waals surface area contributed by atoms with E-state index in [0.717, 1.165) is 19.3 Å². The molecule has 11 heteroatoms. The van der Waals surface area contributed by atoms with Crippen molar-refractivity contribution in [3.8, 4) is 6.07 Å². The monoisotopic (exact) mass is 556 g/mol. The van der Waals surface area contributed by atoms with Gasteiger partial charge < -0.3 is 9.47 Å². The first-order chi connectivity index (χ1) is 16.7. The topological polar surface area (TPSA) is 95.2 Å². The summed E-state index contributed by atoms with van der Waals surface area (Å²) in [6.45, 7) is 1.53. The Labute approximate surface area is 221 Å². The molecule has 3 atom stereocenters. The second kappa shape index (κ2) is 11.1. The smallest absolute Gasteiger partial charge is 0.244 e. The summed E-state index contributed by atoms with van der Waals surface area (Å²) >= 11 is 18.3. The Kier molecular flexibility index (Phi) is 8.34. The van der Waals surface area contributed by atoms with E-state index in [1.165, 1.54) is 25.0 Å². The van der Waals surface area contributed by atoms with Gasteiger partial charge in [0.05, 0.1) is 10.0 Å². The maximum atomic E-state index is 13.7. The van der Waals surface area contributed by atoms with Crippen LogP contribution >= 0.6 is 34.8 Å². The Balaban J connectivity index is 1.58. The van der Waals surface area contributed by atoms with E-state index in [1.54, 1.807) is 27.8 Å². The Hall–Kier alpha value is -1.76. The van der Waals surface area contributed by atoms with Gasteiger partial charge in [-0.15, -0.1) is 0 Å². The van der Waals surface area contributed by atoms with Gasteiger partial charge in [0.25, 0.3) is 0 Å². The molecule has 0 spiro atoms. The van der Waals surface area contributed by atoms with E-state index in [1.807, 2.05) is 0 Å². The zero-order chi connectivity index (χ0) is 25.2. The number of rotatable bonds is 7. The molecule has 2 aromatic rings. The fourth-order valence-corrected chi connectivity index (χ4v) is 8.03. The number of aryl methyl sites for hydroxylation is 1. The molecule has 7 nitrogen and oxygen atoms in total. The lowest BCUT2D eigenvalue weighted by atomic mass is 9.75. The van der Waals surface area contributed by atoms with Crippen LogP contribution in [0.1, 0.15) is 44.2 Å². The molecule has 2 aliphatic rings. The summed E-state index contributed by atoms with van der Waals surface area (Å²) in [5.74, 6) is 0.811. The Morgan fingerprint density at radius 1 is 1.14 bits per heavy atom. The van der Waals surface area contributed by atoms with Crippen molar-refractivity contribution in [2.24, 2.45) is 11.8 Å². The number of sulfonamides is 1. The number of hydrogen-bond donors (Lipinski definition) is 1. The molecule has 1 aliphatic heterocycles. The quantitative estimate of drug-likeness (QED) is 0.513. The van der Waals surface area contributed by atoms with Gasteiger partial charge in [-0.25, -0.2) is 8.42 Å². The number of carbonyl (C=O) groups is 1. The molecular weight excluding hydrogens is 531 g/mol. The van der Waals surface area contributed by atoms with Crippen molar-refractivity contribution in [1.29, 1.82) is 5.26 Å². The third-order valence-corrected chi connectivity index (χ3v) is 9.64. The van der Waals surface area contributed by atoms with Crippen LogP contribution in [0.4, 0.5) is 0 Å². The highest BCUT2D eigenvalue weighted by Crippen LogP contribution is 2.37. The van der Waals surface area contributed by atoms with Crippen LogP contribution in [-0.2, 0) is 21.4 Å². The van der Waals surface area contributed by atoms with Gasteiger partial charge in [-0.3, -0.25) is 4.79 Å². The molecule has 1 N–H and O–H groups in total. The fraction of sp³-hybridized carbons (Fsp3) is 0.500. The maximum Gasteiger partial charge on any atom is 0.244 e. The van der Waals surface area contributed by atoms with Crippen LogP contribution in [0.5, 0.6) is 0 Å². The predicted octanol–water partition coefficient (Wildman–Crippen LogP) is 5.10. The van der Waals surface area contributed by atoms with Crippen LogP contribution in [0.3, 0.4) is 0 Å². The Bertz CT molecular complexity index is 1220. The van der Waals surface area contributed by atoms with Crippen molar-refractivity contribution < 1.29 is 13.2 Å². The van der Waals surface area contributed by atoms with Crippen molar-refractivity contribution in [1.82, 2.24) is 14.2 Å². The number of piperidine rings is 1. The number of halogens is 3. The zero-order valence-corrected chi connectivity index (χ0v) is 22.2. The van der Waals surface area contributed by atoms with Crippen molar-refractivity contribution >= 4 is 50.7 Å². The standard InChI is InChI=1S/C24H27Cl3N4O3S/c25-18-12-20(26)23(21(27)13-18)35(33,34)29-22(8-11-30-9-3-6-19(30)14-28)24(32)31-10-7-16-4-1-2-5-17(16)15-31/h3,6,9,12-13,16-17,22,29H,1-2,4-5,7-8,10-11,15H2/t16-,17-,22?/m1/s1. The minimum Gasteiger partial charge on any atom is -0.341 e. The number of carbonyl (C=O) groups excluding carboxylic acids is 1. The van der Waals surface area contributed by atoms with Crippen LogP contribution in [-0.4, -0.2) is 42.9 Å². The van der Waals surface area contributed by atoms with Crippen LogP contribution in [0.2, 0.25) is 15.1 Å². The third kappa shape index (κ3) is 5.98. The van der Waals surface area contributed by atoms with Gasteiger partial charge in [-0.05, 0) is 55.4 Å². The molecule has 1 amide bonds. The summed E-state index contributed by atoms with van der Waals surface area (Å²) in [6.07, 6.45) is 7.51. The molecule has 1 unspecified atom stereocenters. The molecule has 2 heterocycles. The molecule has 1 saturated carbocycles. The first kappa shape index (κ1) is 26.3. The second-order valence-corrected chi connectivity index (χ2v) is 12.1. The van der Waals surface area contributed by atoms with Crippen LogP contribution in [0.15, 0.2) is 35.4 Å². The fourth-order valence-electron chi connectivity index (χ4n) is 5.26. The van der Waals surface area contributed by atoms with Crippen molar-refractivity contribution in [2.75, 3.05) is 13.1 Å². The van der Waals surface area contributed by atoms with Crippen LogP contribution in [0.25, 0.3) is 0 Å². The Morgan fingerprint density at radius 3 is 2.51 bits per heavy atom. The van der Waals surface area contributed by atoms with Crippen molar-refractivity contribution in [2.45, 2.75) is 56.0 Å². The number of benzene rings is 1. The molecule has 0 bridgehead atoms. The number of likely N-dealkylation sites (tertiary alicyclic amines) is 1. The summed E-state index contributed by atoms with van der Waals surface area (Å²) in [4.78, 5) is 15.1. The lowest BCUT2D eigenvalue weighted by Gasteiger charge is -2.42. The highest BCUT2D eigenvalue weighted by Gasteiger charge is 2.37. The minimum atomic E-state index is -4.25. The van der Waals surface area contributed by atoms with E-state index >= 15 is 0 Å². The molecular formula is C24H27Cl3N4O3S. The number of amides is 1. The highest BCUT2D eigenvalue weighted by molar-refractivity contribution is 7.89. The number of aromatic nitrogens is 1. The number of nitriles is 1. The third-order valence-electron chi connectivity index (χ3n) is 7.03. The van der Waals surface area contributed by atoms with Gasteiger partial charge >= 0.3 is 0 Å². The molecule has 35 heavy (non-hydrogen) atoms. The van der Waals surface area contributed by atoms with Crippen molar-refractivity contribution in [3.63, 3.8) is 0 Å². The largest absolute Gasteiger partial charge is 0.341 e. The molecule has 1 aromatic carbocycles. The van der Waals surface area contributed by atoms with E-state index in [9.17, 15) is 18.5 Å². The van der Waals surface area contributed by atoms with Gasteiger partial charge in [-0.1, -0.05) is 54.1 Å². The first-order valence-corrected chi connectivity index (χ1v) is 14.3. The molecule has 1 aromatic heterocycles. The number of nitrogens with one attached hydrogen (secondary N) is 1. The maximum absolute atomic E-state index is 13.7. The van der Waals surface area contributed by atoms with Crippen molar-refractivity contribution in [3.05, 3.63) is 51.2 Å². The zero-order valence-electron chi connectivity index (χ0n) is 19.1. The summed E-state index contributed by atoms with van der Waals surface area (Å²) in [5, 5.41) is 9.28. The average molecular weight is 558 g/mol. The SMILES string of the molecule is N#Cc1cccn1CCC(NS(=O)(=O)c1c(Cl)cc(Cl)cc1Cl)C(=O)N1CC[C@H]2CCCC[C@@H]2C1. The van der Waals surface area contributed by atoms with Gasteiger partial charge in [0, 0.05) is 30.9 Å². The molecule has 188 valence electrons. The number of fused-ring (bicyclic) bond motifs is 1. The highest BCUT2D eigenvalue weighted by atomic mass is 35.5. The molecule has 1 saturated heterocycles.